The second-order valence-electron chi connectivity index (χ2n) is 7.64. The van der Waals surface area contributed by atoms with E-state index in [1.165, 1.54) is 11.6 Å². The molecule has 1 heterocycles. The molecule has 2 aromatic rings. The van der Waals surface area contributed by atoms with Crippen molar-refractivity contribution in [2.24, 2.45) is 5.92 Å². The van der Waals surface area contributed by atoms with E-state index in [9.17, 15) is 13.6 Å². The average Bonchev–Trinajstić information content (AvgIpc) is 2.70. The summed E-state index contributed by atoms with van der Waals surface area (Å²) in [4.78, 5) is 11.0. The van der Waals surface area contributed by atoms with Gasteiger partial charge >= 0.3 is 5.97 Å². The van der Waals surface area contributed by atoms with Crippen LogP contribution in [0, 0.1) is 17.6 Å². The maximum Gasteiger partial charge on any atom is 0.309 e. The lowest BCUT2D eigenvalue weighted by Crippen LogP contribution is -2.40. The van der Waals surface area contributed by atoms with E-state index in [4.69, 9.17) is 9.47 Å². The second-order valence-corrected chi connectivity index (χ2v) is 7.64. The van der Waals surface area contributed by atoms with Gasteiger partial charge in [-0.15, -0.1) is 0 Å². The molecule has 5 heteroatoms. The summed E-state index contributed by atoms with van der Waals surface area (Å²) in [7, 11) is 0. The van der Waals surface area contributed by atoms with Crippen molar-refractivity contribution in [3.63, 3.8) is 0 Å². The Morgan fingerprint density at radius 1 is 1.00 bits per heavy atom. The van der Waals surface area contributed by atoms with E-state index in [1.54, 1.807) is 13.0 Å². The molecule has 1 aliphatic heterocycles. The van der Waals surface area contributed by atoms with Crippen molar-refractivity contribution in [3.05, 3.63) is 53.6 Å². The maximum atomic E-state index is 14.4. The summed E-state index contributed by atoms with van der Waals surface area (Å²) >= 11 is 0. The van der Waals surface area contributed by atoms with Gasteiger partial charge in [-0.25, -0.2) is 4.39 Å². The highest BCUT2D eigenvalue weighted by Gasteiger charge is 2.37. The monoisotopic (exact) mass is 386 g/mol. The van der Waals surface area contributed by atoms with Crippen LogP contribution in [0.1, 0.15) is 50.5 Å². The maximum absolute atomic E-state index is 14.4. The van der Waals surface area contributed by atoms with Crippen molar-refractivity contribution >= 4 is 5.97 Å². The quantitative estimate of drug-likeness (QED) is 0.626. The Hall–Kier alpha value is -2.43. The third-order valence-electron chi connectivity index (χ3n) is 5.99. The van der Waals surface area contributed by atoms with E-state index >= 15 is 0 Å². The van der Waals surface area contributed by atoms with Crippen LogP contribution in [0.2, 0.25) is 0 Å². The zero-order valence-electron chi connectivity index (χ0n) is 15.9. The van der Waals surface area contributed by atoms with Crippen LogP contribution < -0.4 is 4.74 Å². The lowest BCUT2D eigenvalue weighted by molar-refractivity contribution is -0.176. The molecule has 0 radical (unpaired) electrons. The number of halogens is 2. The van der Waals surface area contributed by atoms with Crippen molar-refractivity contribution in [3.8, 4) is 16.9 Å². The van der Waals surface area contributed by atoms with Crippen LogP contribution in [-0.4, -0.2) is 18.7 Å². The Kier molecular flexibility index (Phi) is 5.33. The average molecular weight is 386 g/mol. The number of esters is 1. The van der Waals surface area contributed by atoms with Crippen LogP contribution in [0.15, 0.2) is 36.4 Å². The van der Waals surface area contributed by atoms with Crippen molar-refractivity contribution in [1.82, 2.24) is 0 Å². The number of hydrogen-bond acceptors (Lipinski definition) is 3. The van der Waals surface area contributed by atoms with E-state index in [-0.39, 0.29) is 30.0 Å². The molecule has 1 atom stereocenters. The first-order chi connectivity index (χ1) is 13.6. The summed E-state index contributed by atoms with van der Waals surface area (Å²) in [6.07, 6.45) is 4.92. The molecule has 0 bridgehead atoms. The molecule has 2 aliphatic rings. The summed E-state index contributed by atoms with van der Waals surface area (Å²) in [5, 5.41) is 0. The van der Waals surface area contributed by atoms with Crippen molar-refractivity contribution < 1.29 is 23.0 Å². The van der Waals surface area contributed by atoms with Crippen LogP contribution in [0.25, 0.3) is 11.1 Å². The van der Waals surface area contributed by atoms with Gasteiger partial charge in [-0.05, 0) is 67.7 Å². The second kappa shape index (κ2) is 7.90. The third kappa shape index (κ3) is 3.62. The van der Waals surface area contributed by atoms with Crippen LogP contribution in [-0.2, 0) is 9.53 Å². The van der Waals surface area contributed by atoms with Gasteiger partial charge in [-0.1, -0.05) is 24.3 Å². The van der Waals surface area contributed by atoms with Gasteiger partial charge in [0.15, 0.2) is 11.6 Å². The highest BCUT2D eigenvalue weighted by atomic mass is 19.2. The molecule has 1 unspecified atom stereocenters. The Morgan fingerprint density at radius 2 is 1.68 bits per heavy atom. The van der Waals surface area contributed by atoms with Crippen molar-refractivity contribution in [1.29, 1.82) is 0 Å². The SMILES string of the molecule is CCOc1ccc(-c2ccc(C3CCC(C4CC(=O)O4)CC3)cc2)c(F)c1F. The molecule has 2 aromatic carbocycles. The van der Waals surface area contributed by atoms with Crippen molar-refractivity contribution in [2.75, 3.05) is 6.61 Å². The van der Waals surface area contributed by atoms with Crippen LogP contribution >= 0.6 is 0 Å². The fourth-order valence-electron chi connectivity index (χ4n) is 4.37. The zero-order valence-corrected chi connectivity index (χ0v) is 15.9. The van der Waals surface area contributed by atoms with E-state index < -0.39 is 11.6 Å². The lowest BCUT2D eigenvalue weighted by atomic mass is 9.75. The standard InChI is InChI=1S/C23H24F2O3/c1-2-27-19-12-11-18(22(24)23(19)25)16-7-3-14(4-8-16)15-5-9-17(10-6-15)20-13-21(26)28-20/h3-4,7-8,11-12,15,17,20H,2,5-6,9-10,13H2,1H3. The number of carbonyl (C=O) groups is 1. The van der Waals surface area contributed by atoms with Crippen LogP contribution in [0.3, 0.4) is 0 Å². The topological polar surface area (TPSA) is 35.5 Å². The zero-order chi connectivity index (χ0) is 19.7. The molecule has 1 saturated carbocycles. The molecule has 3 nitrogen and oxygen atoms in total. The number of cyclic esters (lactones) is 1. The van der Waals surface area contributed by atoms with E-state index in [2.05, 4.69) is 0 Å². The molecule has 0 N–H and O–H groups in total. The molecule has 4 rings (SSSR count). The highest BCUT2D eigenvalue weighted by molar-refractivity contribution is 5.75. The fourth-order valence-corrected chi connectivity index (χ4v) is 4.37. The summed E-state index contributed by atoms with van der Waals surface area (Å²) in [6, 6.07) is 10.8. The molecule has 0 aromatic heterocycles. The summed E-state index contributed by atoms with van der Waals surface area (Å²) < 4.78 is 38.9. The highest BCUT2D eigenvalue weighted by Crippen LogP contribution is 2.41. The fraction of sp³-hybridized carbons (Fsp3) is 0.435. The van der Waals surface area contributed by atoms with Crippen molar-refractivity contribution in [2.45, 2.75) is 51.0 Å². The normalized spacial score (nSPS) is 24.4. The predicted molar refractivity (Wildman–Crippen MR) is 102 cm³/mol. The lowest BCUT2D eigenvalue weighted by Gasteiger charge is -2.37. The molecule has 0 spiro atoms. The van der Waals surface area contributed by atoms with Crippen LogP contribution in [0.5, 0.6) is 5.75 Å². The van der Waals surface area contributed by atoms with Gasteiger partial charge in [0.1, 0.15) is 6.10 Å². The smallest absolute Gasteiger partial charge is 0.309 e. The van der Waals surface area contributed by atoms with Gasteiger partial charge in [-0.3, -0.25) is 4.79 Å². The minimum atomic E-state index is -0.946. The Morgan fingerprint density at radius 3 is 2.29 bits per heavy atom. The Bertz CT molecular complexity index is 847. The van der Waals surface area contributed by atoms with Crippen LogP contribution in [0.4, 0.5) is 8.78 Å². The van der Waals surface area contributed by atoms with Gasteiger partial charge < -0.3 is 9.47 Å². The minimum absolute atomic E-state index is 0.0609. The van der Waals surface area contributed by atoms with Gasteiger partial charge in [0, 0.05) is 5.56 Å². The molecule has 1 aliphatic carbocycles. The summed E-state index contributed by atoms with van der Waals surface area (Å²) in [6.45, 7) is 2.02. The van der Waals surface area contributed by atoms with Gasteiger partial charge in [-0.2, -0.15) is 4.39 Å². The molecular formula is C23H24F2O3. The number of benzene rings is 2. The van der Waals surface area contributed by atoms with E-state index in [0.717, 1.165) is 25.7 Å². The molecule has 28 heavy (non-hydrogen) atoms. The first-order valence-corrected chi connectivity index (χ1v) is 9.97. The van der Waals surface area contributed by atoms with E-state index in [1.807, 2.05) is 24.3 Å². The molecule has 2 fully saturated rings. The number of carbonyl (C=O) groups excluding carboxylic acids is 1. The molecular weight excluding hydrogens is 362 g/mol. The predicted octanol–water partition coefficient (Wildman–Crippen LogP) is 5.62. The Labute approximate surface area is 163 Å². The summed E-state index contributed by atoms with van der Waals surface area (Å²) in [5.74, 6) is -1.03. The molecule has 148 valence electrons. The minimum Gasteiger partial charge on any atom is -0.491 e. The Balaban J connectivity index is 1.43. The third-order valence-corrected chi connectivity index (χ3v) is 5.99. The summed E-state index contributed by atoms with van der Waals surface area (Å²) in [5.41, 5.74) is 2.11. The van der Waals surface area contributed by atoms with E-state index in [0.29, 0.717) is 23.8 Å². The van der Waals surface area contributed by atoms with Gasteiger partial charge in [0.2, 0.25) is 5.82 Å². The van der Waals surface area contributed by atoms with Gasteiger partial charge in [0.25, 0.3) is 0 Å². The molecule has 1 saturated heterocycles. The largest absolute Gasteiger partial charge is 0.491 e. The number of rotatable bonds is 5. The molecule has 0 amide bonds. The first-order valence-electron chi connectivity index (χ1n) is 9.97. The number of hydrogen-bond donors (Lipinski definition) is 0. The first kappa shape index (κ1) is 18.9. The van der Waals surface area contributed by atoms with Gasteiger partial charge in [0.05, 0.1) is 13.0 Å². The number of ether oxygens (including phenoxy) is 2.